The van der Waals surface area contributed by atoms with Crippen molar-refractivity contribution in [2.24, 2.45) is 0 Å². The van der Waals surface area contributed by atoms with Crippen LogP contribution in [0.15, 0.2) is 24.3 Å². The summed E-state index contributed by atoms with van der Waals surface area (Å²) in [6.45, 7) is 0. The number of allylic oxidation sites excluding steroid dienone is 2. The summed E-state index contributed by atoms with van der Waals surface area (Å²) < 4.78 is 1.35. The van der Waals surface area contributed by atoms with E-state index in [4.69, 9.17) is 34.8 Å². The van der Waals surface area contributed by atoms with Gasteiger partial charge in [-0.05, 0) is 25.0 Å². The maximum Gasteiger partial charge on any atom is 0.202 e. The summed E-state index contributed by atoms with van der Waals surface area (Å²) in [4.78, 5) is 0. The maximum absolute atomic E-state index is 10.6. The van der Waals surface area contributed by atoms with Crippen molar-refractivity contribution in [3.8, 4) is 17.4 Å². The van der Waals surface area contributed by atoms with Crippen molar-refractivity contribution in [1.29, 1.82) is 0 Å². The van der Waals surface area contributed by atoms with E-state index in [0.717, 1.165) is 24.0 Å². The molecule has 0 unspecified atom stereocenters. The SMILES string of the molecule is Oc1c2c(c(O)n1-c1cc(Cl)c(Cl)cc1Cl)[C@H]1C=C[C@@H]2CC1. The van der Waals surface area contributed by atoms with Crippen LogP contribution < -0.4 is 0 Å². The molecule has 6 heteroatoms. The molecule has 0 saturated carbocycles. The van der Waals surface area contributed by atoms with Crippen LogP contribution >= 0.6 is 34.8 Å². The fraction of sp³-hybridized carbons (Fsp3) is 0.250. The van der Waals surface area contributed by atoms with Gasteiger partial charge in [0.15, 0.2) is 0 Å². The minimum atomic E-state index is 0.0202. The van der Waals surface area contributed by atoms with Crippen molar-refractivity contribution in [2.45, 2.75) is 24.7 Å². The first-order chi connectivity index (χ1) is 10.5. The van der Waals surface area contributed by atoms with Crippen LogP contribution in [0.5, 0.6) is 11.8 Å². The number of benzene rings is 1. The molecule has 3 nitrogen and oxygen atoms in total. The van der Waals surface area contributed by atoms with Crippen molar-refractivity contribution in [3.63, 3.8) is 0 Å². The van der Waals surface area contributed by atoms with Gasteiger partial charge in [0.05, 0.1) is 20.8 Å². The van der Waals surface area contributed by atoms with Crippen molar-refractivity contribution in [2.75, 3.05) is 0 Å². The van der Waals surface area contributed by atoms with Crippen LogP contribution in [0, 0.1) is 0 Å². The van der Waals surface area contributed by atoms with Crippen molar-refractivity contribution < 1.29 is 10.2 Å². The van der Waals surface area contributed by atoms with E-state index in [1.807, 2.05) is 0 Å². The van der Waals surface area contributed by atoms with E-state index >= 15 is 0 Å². The predicted molar refractivity (Wildman–Crippen MR) is 88.0 cm³/mol. The lowest BCUT2D eigenvalue weighted by Crippen LogP contribution is -2.15. The van der Waals surface area contributed by atoms with Crippen LogP contribution in [0.2, 0.25) is 15.1 Å². The van der Waals surface area contributed by atoms with Crippen LogP contribution in [0.4, 0.5) is 0 Å². The van der Waals surface area contributed by atoms with E-state index in [-0.39, 0.29) is 23.6 Å². The lowest BCUT2D eigenvalue weighted by atomic mass is 9.73. The molecule has 0 saturated heterocycles. The zero-order valence-electron chi connectivity index (χ0n) is 11.4. The summed E-state index contributed by atoms with van der Waals surface area (Å²) in [5.41, 5.74) is 2.00. The summed E-state index contributed by atoms with van der Waals surface area (Å²) in [6, 6.07) is 3.05. The molecule has 2 atom stereocenters. The van der Waals surface area contributed by atoms with Crippen LogP contribution in [0.1, 0.15) is 35.8 Å². The highest BCUT2D eigenvalue weighted by Crippen LogP contribution is 2.54. The van der Waals surface area contributed by atoms with Crippen molar-refractivity contribution >= 4 is 34.8 Å². The Balaban J connectivity index is 1.99. The average Bonchev–Trinajstić information content (AvgIpc) is 2.78. The Hall–Kier alpha value is -1.29. The number of rotatable bonds is 1. The highest BCUT2D eigenvalue weighted by atomic mass is 35.5. The zero-order valence-corrected chi connectivity index (χ0v) is 13.6. The molecule has 1 aromatic carbocycles. The van der Waals surface area contributed by atoms with E-state index in [0.29, 0.717) is 20.8 Å². The Morgan fingerprint density at radius 1 is 0.818 bits per heavy atom. The van der Waals surface area contributed by atoms with Gasteiger partial charge in [0.25, 0.3) is 0 Å². The molecule has 22 heavy (non-hydrogen) atoms. The lowest BCUT2D eigenvalue weighted by molar-refractivity contribution is 0.399. The fourth-order valence-corrected chi connectivity index (χ4v) is 4.15. The standard InChI is InChI=1S/C16H12Cl3NO2/c17-9-5-11(19)12(6-10(9)18)20-15(21)13-7-1-2-8(4-3-7)14(13)16(20)22/h1-2,5-8,21-22H,3-4H2/t7-,8+. The Kier molecular flexibility index (Phi) is 3.16. The highest BCUT2D eigenvalue weighted by molar-refractivity contribution is 6.43. The summed E-state index contributed by atoms with van der Waals surface area (Å²) in [7, 11) is 0. The molecule has 3 aliphatic carbocycles. The molecular formula is C16H12Cl3NO2. The molecule has 0 radical (unpaired) electrons. The number of halogens is 3. The molecule has 5 rings (SSSR count). The van der Waals surface area contributed by atoms with Gasteiger partial charge in [-0.15, -0.1) is 0 Å². The van der Waals surface area contributed by atoms with Gasteiger partial charge < -0.3 is 10.2 Å². The van der Waals surface area contributed by atoms with Gasteiger partial charge in [-0.25, -0.2) is 4.57 Å². The summed E-state index contributed by atoms with van der Waals surface area (Å²) in [5, 5.41) is 22.3. The van der Waals surface area contributed by atoms with E-state index in [2.05, 4.69) is 12.2 Å². The number of fused-ring (bicyclic) bond motifs is 1. The second kappa shape index (κ2) is 4.85. The number of aromatic nitrogens is 1. The van der Waals surface area contributed by atoms with Crippen LogP contribution in [-0.4, -0.2) is 14.8 Å². The molecule has 0 amide bonds. The third-order valence-corrected chi connectivity index (χ3v) is 5.56. The second-order valence-electron chi connectivity index (χ2n) is 5.70. The number of hydrogen-bond acceptors (Lipinski definition) is 2. The summed E-state index contributed by atoms with van der Waals surface area (Å²) >= 11 is 18.2. The average molecular weight is 357 g/mol. The molecule has 1 aromatic heterocycles. The molecule has 2 bridgehead atoms. The van der Waals surface area contributed by atoms with Crippen LogP contribution in [0.3, 0.4) is 0 Å². The van der Waals surface area contributed by atoms with E-state index in [1.54, 1.807) is 6.07 Å². The topological polar surface area (TPSA) is 45.4 Å². The monoisotopic (exact) mass is 355 g/mol. The Bertz CT molecular complexity index is 788. The minimum absolute atomic E-state index is 0.0202. The Morgan fingerprint density at radius 3 is 1.82 bits per heavy atom. The predicted octanol–water partition coefficient (Wildman–Crippen LogP) is 5.38. The second-order valence-corrected chi connectivity index (χ2v) is 6.92. The maximum atomic E-state index is 10.6. The van der Waals surface area contributed by atoms with Crippen LogP contribution in [0.25, 0.3) is 5.69 Å². The molecule has 0 spiro atoms. The molecule has 2 aromatic rings. The Labute approximate surface area is 142 Å². The molecule has 114 valence electrons. The highest BCUT2D eigenvalue weighted by Gasteiger charge is 2.38. The van der Waals surface area contributed by atoms with Gasteiger partial charge in [0.1, 0.15) is 0 Å². The molecule has 3 aliphatic rings. The van der Waals surface area contributed by atoms with E-state index in [9.17, 15) is 10.2 Å². The molecule has 0 aliphatic heterocycles. The number of aromatic hydroxyl groups is 2. The minimum Gasteiger partial charge on any atom is -0.494 e. The molecule has 0 fully saturated rings. The molecule has 1 heterocycles. The smallest absolute Gasteiger partial charge is 0.202 e. The zero-order chi connectivity index (χ0) is 15.6. The quantitative estimate of drug-likeness (QED) is 0.532. The van der Waals surface area contributed by atoms with Crippen LogP contribution in [-0.2, 0) is 0 Å². The van der Waals surface area contributed by atoms with Gasteiger partial charge in [-0.3, -0.25) is 0 Å². The number of nitrogens with zero attached hydrogens (tertiary/aromatic N) is 1. The third-order valence-electron chi connectivity index (χ3n) is 4.53. The molecule has 2 N–H and O–H groups in total. The number of hydrogen-bond donors (Lipinski definition) is 2. The van der Waals surface area contributed by atoms with E-state index < -0.39 is 0 Å². The first-order valence-electron chi connectivity index (χ1n) is 6.98. The summed E-state index contributed by atoms with van der Waals surface area (Å²) in [5.74, 6) is 0.307. The fourth-order valence-electron chi connectivity index (χ4n) is 3.53. The lowest BCUT2D eigenvalue weighted by Gasteiger charge is -2.30. The van der Waals surface area contributed by atoms with E-state index in [1.165, 1.54) is 10.6 Å². The summed E-state index contributed by atoms with van der Waals surface area (Å²) in [6.07, 6.45) is 6.13. The Morgan fingerprint density at radius 2 is 1.32 bits per heavy atom. The van der Waals surface area contributed by atoms with Crippen molar-refractivity contribution in [3.05, 3.63) is 50.5 Å². The van der Waals surface area contributed by atoms with Crippen molar-refractivity contribution in [1.82, 2.24) is 4.57 Å². The first kappa shape index (κ1) is 14.3. The van der Waals surface area contributed by atoms with Gasteiger partial charge >= 0.3 is 0 Å². The largest absolute Gasteiger partial charge is 0.494 e. The van der Waals surface area contributed by atoms with Gasteiger partial charge in [-0.1, -0.05) is 47.0 Å². The van der Waals surface area contributed by atoms with Gasteiger partial charge in [0, 0.05) is 23.0 Å². The molecular weight excluding hydrogens is 345 g/mol. The normalized spacial score (nSPS) is 22.1. The van der Waals surface area contributed by atoms with Gasteiger partial charge in [-0.2, -0.15) is 0 Å². The first-order valence-corrected chi connectivity index (χ1v) is 8.12. The third kappa shape index (κ3) is 1.82. The van der Waals surface area contributed by atoms with Gasteiger partial charge in [0.2, 0.25) is 11.8 Å².